The zero-order valence-electron chi connectivity index (χ0n) is 22.6. The van der Waals surface area contributed by atoms with Gasteiger partial charge in [0.2, 0.25) is 0 Å². The molecule has 0 bridgehead atoms. The SMILES string of the molecule is C=C/C=C(\C=C/CCl)OC1CCN(CCCC\C=C(C(=O)CC(C)C)/C(=C/C=C\CC)CC)CC1. The average Bonchev–Trinajstić information content (AvgIpc) is 2.84. The Morgan fingerprint density at radius 1 is 1.14 bits per heavy atom. The lowest BCUT2D eigenvalue weighted by Gasteiger charge is -2.32. The first-order chi connectivity index (χ1) is 16.9. The lowest BCUT2D eigenvalue weighted by Crippen LogP contribution is -2.37. The summed E-state index contributed by atoms with van der Waals surface area (Å²) in [6.07, 6.45) is 24.0. The van der Waals surface area contributed by atoms with Crippen LogP contribution in [0.5, 0.6) is 0 Å². The van der Waals surface area contributed by atoms with Crippen molar-refractivity contribution >= 4 is 17.4 Å². The fourth-order valence-corrected chi connectivity index (χ4v) is 4.29. The van der Waals surface area contributed by atoms with Crippen molar-refractivity contribution in [3.8, 4) is 0 Å². The number of Topliss-reactive ketones (excluding diaryl/α,β-unsaturated/α-hetero) is 1. The second kappa shape index (κ2) is 19.4. The first-order valence-electron chi connectivity index (χ1n) is 13.5. The summed E-state index contributed by atoms with van der Waals surface area (Å²) in [4.78, 5) is 15.5. The Morgan fingerprint density at radius 2 is 1.89 bits per heavy atom. The maximum Gasteiger partial charge on any atom is 0.163 e. The fourth-order valence-electron chi connectivity index (χ4n) is 4.20. The van der Waals surface area contributed by atoms with Crippen LogP contribution in [0, 0.1) is 5.92 Å². The van der Waals surface area contributed by atoms with E-state index in [2.05, 4.69) is 63.5 Å². The number of hydrogen-bond donors (Lipinski definition) is 0. The summed E-state index contributed by atoms with van der Waals surface area (Å²) in [5, 5.41) is 0. The van der Waals surface area contributed by atoms with E-state index in [1.54, 1.807) is 6.08 Å². The molecule has 0 spiro atoms. The average molecular weight is 502 g/mol. The van der Waals surface area contributed by atoms with Crippen LogP contribution < -0.4 is 0 Å². The number of halogens is 1. The topological polar surface area (TPSA) is 29.5 Å². The minimum atomic E-state index is 0.246. The molecule has 0 unspecified atom stereocenters. The maximum atomic E-state index is 12.9. The number of carbonyl (C=O) groups excluding carboxylic acids is 1. The van der Waals surface area contributed by atoms with Crippen molar-refractivity contribution in [1.29, 1.82) is 0 Å². The van der Waals surface area contributed by atoms with Crippen LogP contribution in [-0.4, -0.2) is 42.3 Å². The molecule has 0 aliphatic carbocycles. The summed E-state index contributed by atoms with van der Waals surface area (Å²) in [5.74, 6) is 1.97. The number of ketones is 1. The molecule has 1 heterocycles. The van der Waals surface area contributed by atoms with Crippen LogP contribution in [0.3, 0.4) is 0 Å². The summed E-state index contributed by atoms with van der Waals surface area (Å²) < 4.78 is 6.14. The number of carbonyl (C=O) groups is 1. The predicted octanol–water partition coefficient (Wildman–Crippen LogP) is 8.35. The number of piperidine rings is 1. The van der Waals surface area contributed by atoms with E-state index in [4.69, 9.17) is 16.3 Å². The van der Waals surface area contributed by atoms with Crippen molar-refractivity contribution in [3.63, 3.8) is 0 Å². The summed E-state index contributed by atoms with van der Waals surface area (Å²) in [5.41, 5.74) is 2.10. The van der Waals surface area contributed by atoms with Gasteiger partial charge in [0.1, 0.15) is 11.9 Å². The van der Waals surface area contributed by atoms with Crippen LogP contribution in [0.4, 0.5) is 0 Å². The Balaban J connectivity index is 2.54. The van der Waals surface area contributed by atoms with Crippen LogP contribution in [0.25, 0.3) is 0 Å². The Kier molecular flexibility index (Phi) is 17.3. The number of hydrogen-bond acceptors (Lipinski definition) is 3. The molecule has 1 rings (SSSR count). The molecular weight excluding hydrogens is 454 g/mol. The van der Waals surface area contributed by atoms with Gasteiger partial charge in [-0.25, -0.2) is 0 Å². The Labute approximate surface area is 220 Å². The van der Waals surface area contributed by atoms with Crippen LogP contribution in [0.2, 0.25) is 0 Å². The molecule has 3 nitrogen and oxygen atoms in total. The summed E-state index contributed by atoms with van der Waals surface area (Å²) in [6.45, 7) is 15.5. The molecule has 1 saturated heterocycles. The number of unbranched alkanes of at least 4 members (excludes halogenated alkanes) is 2. The van der Waals surface area contributed by atoms with E-state index in [9.17, 15) is 4.79 Å². The lowest BCUT2D eigenvalue weighted by atomic mass is 9.92. The molecule has 0 aromatic rings. The molecule has 0 atom stereocenters. The third-order valence-electron chi connectivity index (χ3n) is 6.06. The standard InChI is InChI=1S/C31H48ClNO2/c1-6-9-11-16-27(8-3)30(31(34)25-26(4)5)18-12-10-13-22-33-23-19-29(20-24-33)35-28(15-7-2)17-14-21-32/h7,9,11,14-18,26,29H,2,6,8,10,12-13,19-25H2,1,3-5H3/b11-9-,17-14-,27-16+,28-15+,30-18+. The first kappa shape index (κ1) is 31.2. The molecule has 1 aliphatic rings. The van der Waals surface area contributed by atoms with Crippen molar-refractivity contribution < 1.29 is 9.53 Å². The Morgan fingerprint density at radius 3 is 2.49 bits per heavy atom. The first-order valence-corrected chi connectivity index (χ1v) is 14.0. The van der Waals surface area contributed by atoms with E-state index in [1.807, 2.05) is 18.2 Å². The molecule has 1 aliphatic heterocycles. The number of rotatable bonds is 17. The minimum absolute atomic E-state index is 0.246. The van der Waals surface area contributed by atoms with Gasteiger partial charge in [-0.2, -0.15) is 0 Å². The van der Waals surface area contributed by atoms with Gasteiger partial charge in [0.05, 0.1) is 0 Å². The molecule has 0 N–H and O–H groups in total. The van der Waals surface area contributed by atoms with Crippen LogP contribution in [0.15, 0.2) is 72.1 Å². The highest BCUT2D eigenvalue weighted by Gasteiger charge is 2.20. The molecule has 35 heavy (non-hydrogen) atoms. The van der Waals surface area contributed by atoms with E-state index in [1.165, 1.54) is 0 Å². The van der Waals surface area contributed by atoms with Gasteiger partial charge in [0, 0.05) is 31.0 Å². The summed E-state index contributed by atoms with van der Waals surface area (Å²) in [6, 6.07) is 0. The van der Waals surface area contributed by atoms with E-state index >= 15 is 0 Å². The highest BCUT2D eigenvalue weighted by atomic mass is 35.5. The van der Waals surface area contributed by atoms with Gasteiger partial charge in [-0.3, -0.25) is 4.79 Å². The van der Waals surface area contributed by atoms with Crippen molar-refractivity contribution in [3.05, 3.63) is 72.1 Å². The highest BCUT2D eigenvalue weighted by Crippen LogP contribution is 2.22. The lowest BCUT2D eigenvalue weighted by molar-refractivity contribution is -0.116. The van der Waals surface area contributed by atoms with Gasteiger partial charge in [-0.1, -0.05) is 70.7 Å². The normalized spacial score (nSPS) is 17.1. The van der Waals surface area contributed by atoms with E-state index in [-0.39, 0.29) is 11.9 Å². The molecule has 0 radical (unpaired) electrons. The molecule has 4 heteroatoms. The van der Waals surface area contributed by atoms with Crippen LogP contribution in [-0.2, 0) is 9.53 Å². The molecular formula is C31H48ClNO2. The largest absolute Gasteiger partial charge is 0.490 e. The maximum absolute atomic E-state index is 12.9. The van der Waals surface area contributed by atoms with Gasteiger partial charge in [0.15, 0.2) is 5.78 Å². The third kappa shape index (κ3) is 13.7. The number of nitrogens with zero attached hydrogens (tertiary/aromatic N) is 1. The van der Waals surface area contributed by atoms with E-state index < -0.39 is 0 Å². The van der Waals surface area contributed by atoms with E-state index in [0.29, 0.717) is 18.2 Å². The molecule has 0 amide bonds. The zero-order valence-corrected chi connectivity index (χ0v) is 23.4. The molecule has 0 aromatic heterocycles. The van der Waals surface area contributed by atoms with Crippen LogP contribution >= 0.6 is 11.6 Å². The highest BCUT2D eigenvalue weighted by molar-refractivity contribution is 6.18. The van der Waals surface area contributed by atoms with Gasteiger partial charge >= 0.3 is 0 Å². The number of likely N-dealkylation sites (tertiary alicyclic amines) is 1. The van der Waals surface area contributed by atoms with Crippen molar-refractivity contribution in [1.82, 2.24) is 4.90 Å². The van der Waals surface area contributed by atoms with E-state index in [0.717, 1.165) is 81.5 Å². The molecule has 1 fully saturated rings. The number of allylic oxidation sites excluding steroid dienone is 10. The molecule has 0 aromatic carbocycles. The summed E-state index contributed by atoms with van der Waals surface area (Å²) >= 11 is 5.75. The number of alkyl halides is 1. The van der Waals surface area contributed by atoms with Gasteiger partial charge in [-0.05, 0) is 75.1 Å². The second-order valence-corrected chi connectivity index (χ2v) is 9.85. The van der Waals surface area contributed by atoms with Gasteiger partial charge < -0.3 is 9.64 Å². The predicted molar refractivity (Wildman–Crippen MR) is 153 cm³/mol. The summed E-state index contributed by atoms with van der Waals surface area (Å²) in [7, 11) is 0. The third-order valence-corrected chi connectivity index (χ3v) is 6.24. The molecule has 196 valence electrons. The molecule has 0 saturated carbocycles. The Bertz CT molecular complexity index is 765. The smallest absolute Gasteiger partial charge is 0.163 e. The fraction of sp³-hybridized carbons (Fsp3) is 0.581. The van der Waals surface area contributed by atoms with Crippen LogP contribution in [0.1, 0.15) is 79.1 Å². The van der Waals surface area contributed by atoms with Crippen molar-refractivity contribution in [2.45, 2.75) is 85.2 Å². The Hall–Kier alpha value is -1.84. The van der Waals surface area contributed by atoms with Gasteiger partial charge in [0.25, 0.3) is 0 Å². The van der Waals surface area contributed by atoms with Gasteiger partial charge in [-0.15, -0.1) is 11.6 Å². The minimum Gasteiger partial charge on any atom is -0.490 e. The quantitative estimate of drug-likeness (QED) is 0.0659. The zero-order chi connectivity index (χ0) is 25.9. The monoisotopic (exact) mass is 501 g/mol. The van der Waals surface area contributed by atoms with Crippen molar-refractivity contribution in [2.75, 3.05) is 25.5 Å². The second-order valence-electron chi connectivity index (χ2n) is 9.54. The number of ether oxygens (including phenoxy) is 1. The van der Waals surface area contributed by atoms with Crippen molar-refractivity contribution in [2.24, 2.45) is 5.92 Å².